The molecule has 39 heavy (non-hydrogen) atoms. The number of benzene rings is 3. The third-order valence-electron chi connectivity index (χ3n) is 8.59. The van der Waals surface area contributed by atoms with Crippen LogP contribution in [0.2, 0.25) is 0 Å². The molecule has 6 rings (SSSR count). The molecule has 1 fully saturated rings. The molecule has 1 aliphatic heterocycles. The van der Waals surface area contributed by atoms with Gasteiger partial charge < -0.3 is 14.9 Å². The average Bonchev–Trinajstić information content (AvgIpc) is 2.94. The van der Waals surface area contributed by atoms with Crippen LogP contribution in [-0.4, -0.2) is 60.8 Å². The number of para-hydroxylation sites is 1. The highest BCUT2D eigenvalue weighted by Gasteiger charge is 2.46. The molecule has 0 radical (unpaired) electrons. The topological polar surface area (TPSA) is 106 Å². The Balaban J connectivity index is 1.55. The predicted octanol–water partition coefficient (Wildman–Crippen LogP) is 4.27. The Morgan fingerprint density at radius 3 is 1.87 bits per heavy atom. The minimum atomic E-state index is -3.67. The van der Waals surface area contributed by atoms with Gasteiger partial charge in [-0.05, 0) is 61.9 Å². The van der Waals surface area contributed by atoms with E-state index >= 15 is 0 Å². The molecular formula is C30H32N4O4S. The third-order valence-corrected chi connectivity index (χ3v) is 11.4. The second-order valence-corrected chi connectivity index (χ2v) is 12.8. The van der Waals surface area contributed by atoms with Gasteiger partial charge in [0.1, 0.15) is 4.75 Å². The Morgan fingerprint density at radius 2 is 1.26 bits per heavy atom. The number of fused-ring (bicyclic) bond motifs is 4. The summed E-state index contributed by atoms with van der Waals surface area (Å²) in [5, 5.41) is 2.02. The second-order valence-electron chi connectivity index (χ2n) is 10.6. The summed E-state index contributed by atoms with van der Waals surface area (Å²) in [5.74, 6) is 0. The van der Waals surface area contributed by atoms with E-state index in [2.05, 4.69) is 14.9 Å². The summed E-state index contributed by atoms with van der Waals surface area (Å²) < 4.78 is 28.7. The van der Waals surface area contributed by atoms with Crippen LogP contribution in [0.15, 0.2) is 64.2 Å². The molecule has 8 nitrogen and oxygen atoms in total. The summed E-state index contributed by atoms with van der Waals surface area (Å²) in [6.45, 7) is 6.14. The summed E-state index contributed by atoms with van der Waals surface area (Å²) >= 11 is 0. The minimum Gasteiger partial charge on any atom is -0.354 e. The van der Waals surface area contributed by atoms with Gasteiger partial charge in [0.05, 0.1) is 16.6 Å². The van der Waals surface area contributed by atoms with E-state index in [0.717, 1.165) is 0 Å². The van der Waals surface area contributed by atoms with E-state index in [1.54, 1.807) is 34.6 Å². The minimum absolute atomic E-state index is 0.106. The van der Waals surface area contributed by atoms with Gasteiger partial charge in [-0.1, -0.05) is 32.0 Å². The number of nitrogens with one attached hydrogen (secondary N) is 2. The van der Waals surface area contributed by atoms with E-state index in [1.165, 1.54) is 0 Å². The normalized spacial score (nSPS) is 16.1. The number of hydrogen-bond acceptors (Lipinski definition) is 5. The summed E-state index contributed by atoms with van der Waals surface area (Å²) in [5.41, 5.74) is 2.81. The lowest BCUT2D eigenvalue weighted by Crippen LogP contribution is -2.53. The maximum Gasteiger partial charge on any atom is 0.224 e. The van der Waals surface area contributed by atoms with E-state index in [-0.39, 0.29) is 10.9 Å². The van der Waals surface area contributed by atoms with Crippen molar-refractivity contribution in [1.29, 1.82) is 0 Å². The molecule has 0 unspecified atom stereocenters. The fourth-order valence-corrected chi connectivity index (χ4v) is 8.42. The zero-order valence-corrected chi connectivity index (χ0v) is 23.2. The number of pyridine rings is 2. The molecule has 0 bridgehead atoms. The van der Waals surface area contributed by atoms with Gasteiger partial charge in [-0.25, -0.2) is 8.42 Å². The van der Waals surface area contributed by atoms with Crippen LogP contribution in [0.5, 0.6) is 0 Å². The van der Waals surface area contributed by atoms with Crippen LogP contribution in [-0.2, 0) is 14.8 Å². The molecule has 0 aliphatic carbocycles. The van der Waals surface area contributed by atoms with Crippen molar-refractivity contribution >= 4 is 53.6 Å². The first-order valence-corrected chi connectivity index (χ1v) is 14.9. The number of likely N-dealkylation sites (N-methyl/N-ethyl adjacent to an activating group) is 1. The zero-order valence-electron chi connectivity index (χ0n) is 22.4. The van der Waals surface area contributed by atoms with E-state index < -0.39 is 14.8 Å². The Bertz CT molecular complexity index is 1980. The lowest BCUT2D eigenvalue weighted by Gasteiger charge is -2.40. The number of rotatable bonds is 5. The smallest absolute Gasteiger partial charge is 0.224 e. The van der Waals surface area contributed by atoms with Gasteiger partial charge in [0, 0.05) is 53.2 Å². The lowest BCUT2D eigenvalue weighted by atomic mass is 9.91. The highest BCUT2D eigenvalue weighted by atomic mass is 32.2. The van der Waals surface area contributed by atoms with Gasteiger partial charge in [0.25, 0.3) is 0 Å². The second kappa shape index (κ2) is 9.29. The predicted molar refractivity (Wildman–Crippen MR) is 158 cm³/mol. The SMILES string of the molecule is CCC(CC)(c1ccc2c(=O)c3cc4[nH]c5ccccc5c(=O)c4cc3[nH]c2c1)S(=O)(=O)N1CCN(C)CC1. The molecule has 2 aromatic heterocycles. The molecule has 0 atom stereocenters. The molecular weight excluding hydrogens is 512 g/mol. The van der Waals surface area contributed by atoms with E-state index in [0.29, 0.717) is 88.2 Å². The van der Waals surface area contributed by atoms with E-state index in [1.807, 2.05) is 45.2 Å². The van der Waals surface area contributed by atoms with Crippen molar-refractivity contribution in [3.8, 4) is 0 Å². The fraction of sp³-hybridized carbons (Fsp3) is 0.333. The molecule has 2 N–H and O–H groups in total. The molecule has 1 saturated heterocycles. The molecule has 0 spiro atoms. The standard InChI is InChI=1S/C30H32N4O4S/c1-4-30(5-2,39(37,38)34-14-12-33(3)13-15-34)19-10-11-21-25(16-19)32-27-18-22-26(17-23(27)29(21)36)31-24-9-7-6-8-20(24)28(22)35/h6-11,16-18H,4-5,12-15H2,1-3H3,(H,31,35)(H,32,36). The Morgan fingerprint density at radius 1 is 0.718 bits per heavy atom. The number of aromatic nitrogens is 2. The van der Waals surface area contributed by atoms with Crippen LogP contribution in [0, 0.1) is 0 Å². The Labute approximate surface area is 226 Å². The van der Waals surface area contributed by atoms with E-state index in [9.17, 15) is 18.0 Å². The van der Waals surface area contributed by atoms with Gasteiger partial charge in [-0.3, -0.25) is 9.59 Å². The molecule has 9 heteroatoms. The number of piperazine rings is 1. The summed E-state index contributed by atoms with van der Waals surface area (Å²) in [6, 6.07) is 16.1. The largest absolute Gasteiger partial charge is 0.354 e. The van der Waals surface area contributed by atoms with Gasteiger partial charge >= 0.3 is 0 Å². The molecule has 3 aromatic carbocycles. The molecule has 0 amide bonds. The highest BCUT2D eigenvalue weighted by Crippen LogP contribution is 2.40. The number of aromatic amines is 2. The average molecular weight is 545 g/mol. The van der Waals surface area contributed by atoms with Crippen LogP contribution in [0.3, 0.4) is 0 Å². The van der Waals surface area contributed by atoms with Crippen LogP contribution in [0.25, 0.3) is 43.6 Å². The first-order valence-electron chi connectivity index (χ1n) is 13.4. The van der Waals surface area contributed by atoms with Crippen LogP contribution in [0.4, 0.5) is 0 Å². The molecule has 0 saturated carbocycles. The summed E-state index contributed by atoms with van der Waals surface area (Å²) in [4.78, 5) is 35.6. The molecule has 3 heterocycles. The van der Waals surface area contributed by atoms with Crippen molar-refractivity contribution in [2.24, 2.45) is 0 Å². The monoisotopic (exact) mass is 544 g/mol. The summed E-state index contributed by atoms with van der Waals surface area (Å²) in [7, 11) is -1.67. The summed E-state index contributed by atoms with van der Waals surface area (Å²) in [6.07, 6.45) is 0.823. The molecule has 1 aliphatic rings. The molecule has 5 aromatic rings. The Hall–Kier alpha value is -3.53. The third kappa shape index (κ3) is 3.83. The first-order chi connectivity index (χ1) is 18.7. The fourth-order valence-electron chi connectivity index (χ4n) is 6.13. The van der Waals surface area contributed by atoms with Gasteiger partial charge in [-0.15, -0.1) is 0 Å². The van der Waals surface area contributed by atoms with Gasteiger partial charge in [0.15, 0.2) is 10.9 Å². The van der Waals surface area contributed by atoms with Crippen molar-refractivity contribution in [3.63, 3.8) is 0 Å². The molecule has 202 valence electrons. The van der Waals surface area contributed by atoms with Gasteiger partial charge in [-0.2, -0.15) is 4.31 Å². The number of H-pyrrole nitrogens is 2. The van der Waals surface area contributed by atoms with Crippen LogP contribution >= 0.6 is 0 Å². The maximum atomic E-state index is 14.1. The highest BCUT2D eigenvalue weighted by molar-refractivity contribution is 7.90. The van der Waals surface area contributed by atoms with Crippen molar-refractivity contribution in [3.05, 3.63) is 80.6 Å². The van der Waals surface area contributed by atoms with Crippen molar-refractivity contribution < 1.29 is 8.42 Å². The lowest BCUT2D eigenvalue weighted by molar-refractivity contribution is 0.217. The Kier molecular flexibility index (Phi) is 6.13. The first kappa shape index (κ1) is 25.7. The maximum absolute atomic E-state index is 14.1. The van der Waals surface area contributed by atoms with Gasteiger partial charge in [0.2, 0.25) is 10.0 Å². The van der Waals surface area contributed by atoms with Crippen LogP contribution < -0.4 is 10.9 Å². The number of hydrogen-bond donors (Lipinski definition) is 2. The van der Waals surface area contributed by atoms with E-state index in [4.69, 9.17) is 0 Å². The van der Waals surface area contributed by atoms with Crippen molar-refractivity contribution in [2.45, 2.75) is 31.4 Å². The number of sulfonamides is 1. The van der Waals surface area contributed by atoms with Crippen LogP contribution in [0.1, 0.15) is 32.3 Å². The van der Waals surface area contributed by atoms with Crippen molar-refractivity contribution in [2.75, 3.05) is 33.2 Å². The zero-order chi connectivity index (χ0) is 27.5. The van der Waals surface area contributed by atoms with Crippen molar-refractivity contribution in [1.82, 2.24) is 19.2 Å². The quantitative estimate of drug-likeness (QED) is 0.322. The number of nitrogens with zero attached hydrogens (tertiary/aromatic N) is 2.